The van der Waals surface area contributed by atoms with Crippen molar-refractivity contribution in [1.29, 1.82) is 0 Å². The predicted octanol–water partition coefficient (Wildman–Crippen LogP) is 0.965. The first-order chi connectivity index (χ1) is 16.4. The lowest BCUT2D eigenvalue weighted by Crippen LogP contribution is -2.57. The second-order valence-corrected chi connectivity index (χ2v) is 9.59. The molecule has 8 nitrogen and oxygen atoms in total. The number of carbonyl (C=O) groups is 3. The number of likely N-dealkylation sites (N-methyl/N-ethyl adjacent to an activating group) is 1. The molecule has 6 atom stereocenters. The van der Waals surface area contributed by atoms with Crippen LogP contribution in [0.4, 0.5) is 0 Å². The van der Waals surface area contributed by atoms with Crippen molar-refractivity contribution in [3.05, 3.63) is 60.2 Å². The van der Waals surface area contributed by atoms with Crippen LogP contribution in [0, 0.1) is 11.8 Å². The van der Waals surface area contributed by atoms with E-state index in [9.17, 15) is 19.5 Å². The number of benzene rings is 1. The average Bonchev–Trinajstić information content (AvgIpc) is 3.17. The molecule has 2 saturated heterocycles. The minimum Gasteiger partial charge on any atom is -0.394 e. The number of hydrogen-bond acceptors (Lipinski definition) is 5. The lowest BCUT2D eigenvalue weighted by atomic mass is 9.77. The molecule has 1 spiro atoms. The van der Waals surface area contributed by atoms with Gasteiger partial charge in [0.25, 0.3) is 0 Å². The molecule has 1 aromatic rings. The third kappa shape index (κ3) is 3.31. The molecule has 5 rings (SSSR count). The molecule has 1 N–H and O–H groups in total. The smallest absolute Gasteiger partial charge is 0.249 e. The highest BCUT2D eigenvalue weighted by Gasteiger charge is 2.72. The Morgan fingerprint density at radius 3 is 2.56 bits per heavy atom. The molecule has 0 bridgehead atoms. The zero-order valence-electron chi connectivity index (χ0n) is 19.5. The summed E-state index contributed by atoms with van der Waals surface area (Å²) in [5.41, 5.74) is -0.269. The molecule has 4 heterocycles. The van der Waals surface area contributed by atoms with E-state index >= 15 is 0 Å². The quantitative estimate of drug-likeness (QED) is 0.655. The third-order valence-corrected chi connectivity index (χ3v) is 7.67. The highest BCUT2D eigenvalue weighted by molar-refractivity contribution is 6.00. The summed E-state index contributed by atoms with van der Waals surface area (Å²) in [7, 11) is 1.72. The Hall–Kier alpha value is -2.97. The normalized spacial score (nSPS) is 33.5. The summed E-state index contributed by atoms with van der Waals surface area (Å²) in [6.07, 6.45) is 7.35. The molecule has 8 heteroatoms. The number of hydrogen-bond donors (Lipinski definition) is 1. The number of likely N-dealkylation sites (tertiary alicyclic amines) is 1. The van der Waals surface area contributed by atoms with Crippen LogP contribution in [0.3, 0.4) is 0 Å². The van der Waals surface area contributed by atoms with Gasteiger partial charge in [0.1, 0.15) is 11.6 Å². The molecule has 4 aliphatic rings. The zero-order chi connectivity index (χ0) is 24.0. The van der Waals surface area contributed by atoms with E-state index in [2.05, 4.69) is 0 Å². The molecule has 0 radical (unpaired) electrons. The minimum atomic E-state index is -1.25. The maximum atomic E-state index is 14.1. The summed E-state index contributed by atoms with van der Waals surface area (Å²) in [6, 6.07) is 8.23. The fraction of sp³-hybridized carbons (Fsp3) is 0.500. The standard InChI is InChI=1S/C26H31N3O5/c1-3-18(16-30)29-22-25(33)28(15-17-9-5-4-6-10-17)14-8-12-26(22)21(24(29)32)20-19(34-26)11-7-13-27(2)23(20)31/h4-12,18-22,30H,3,13-16H2,1-2H3/t18-,19+,20-,21-,22?,26-/m0/s1. The van der Waals surface area contributed by atoms with Crippen LogP contribution in [-0.4, -0.2) is 88.1 Å². The topological polar surface area (TPSA) is 90.4 Å². The van der Waals surface area contributed by atoms with E-state index in [0.717, 1.165) is 5.56 Å². The molecule has 0 saturated carbocycles. The largest absolute Gasteiger partial charge is 0.394 e. The van der Waals surface area contributed by atoms with Gasteiger partial charge in [0.2, 0.25) is 17.7 Å². The Balaban J connectivity index is 1.60. The molecule has 34 heavy (non-hydrogen) atoms. The summed E-state index contributed by atoms with van der Waals surface area (Å²) >= 11 is 0. The van der Waals surface area contributed by atoms with Gasteiger partial charge in [0.15, 0.2) is 0 Å². The van der Waals surface area contributed by atoms with Gasteiger partial charge in [-0.1, -0.05) is 61.6 Å². The van der Waals surface area contributed by atoms with Crippen molar-refractivity contribution in [3.8, 4) is 0 Å². The highest BCUT2D eigenvalue weighted by Crippen LogP contribution is 2.54. The van der Waals surface area contributed by atoms with Gasteiger partial charge >= 0.3 is 0 Å². The lowest BCUT2D eigenvalue weighted by Gasteiger charge is -2.38. The first-order valence-corrected chi connectivity index (χ1v) is 12.0. The van der Waals surface area contributed by atoms with Crippen molar-refractivity contribution >= 4 is 17.7 Å². The number of fused-ring (bicyclic) bond motifs is 2. The fourth-order valence-corrected chi connectivity index (χ4v) is 6.00. The van der Waals surface area contributed by atoms with Crippen LogP contribution in [-0.2, 0) is 25.7 Å². The average molecular weight is 466 g/mol. The van der Waals surface area contributed by atoms with Crippen molar-refractivity contribution in [2.24, 2.45) is 11.8 Å². The summed E-state index contributed by atoms with van der Waals surface area (Å²) in [6.45, 7) is 2.83. The van der Waals surface area contributed by atoms with Crippen LogP contribution in [0.5, 0.6) is 0 Å². The lowest BCUT2D eigenvalue weighted by molar-refractivity contribution is -0.151. The van der Waals surface area contributed by atoms with E-state index in [0.29, 0.717) is 26.1 Å². The second-order valence-electron chi connectivity index (χ2n) is 9.59. The third-order valence-electron chi connectivity index (χ3n) is 7.67. The van der Waals surface area contributed by atoms with Crippen molar-refractivity contribution in [1.82, 2.24) is 14.7 Å². The molecule has 180 valence electrons. The van der Waals surface area contributed by atoms with Crippen LogP contribution in [0.2, 0.25) is 0 Å². The van der Waals surface area contributed by atoms with Crippen molar-refractivity contribution < 1.29 is 24.2 Å². The van der Waals surface area contributed by atoms with E-state index < -0.39 is 35.6 Å². The van der Waals surface area contributed by atoms with Crippen LogP contribution >= 0.6 is 0 Å². The molecular formula is C26H31N3O5. The summed E-state index contributed by atoms with van der Waals surface area (Å²) in [4.78, 5) is 46.3. The summed E-state index contributed by atoms with van der Waals surface area (Å²) in [5.74, 6) is -2.21. The molecule has 0 aromatic heterocycles. The summed E-state index contributed by atoms with van der Waals surface area (Å²) < 4.78 is 6.56. The van der Waals surface area contributed by atoms with Gasteiger partial charge in [-0.05, 0) is 12.0 Å². The van der Waals surface area contributed by atoms with E-state index in [-0.39, 0.29) is 24.3 Å². The van der Waals surface area contributed by atoms with Crippen molar-refractivity contribution in [3.63, 3.8) is 0 Å². The van der Waals surface area contributed by atoms with Crippen molar-refractivity contribution in [2.75, 3.05) is 26.7 Å². The molecular weight excluding hydrogens is 434 g/mol. The monoisotopic (exact) mass is 465 g/mol. The Labute approximate surface area is 199 Å². The van der Waals surface area contributed by atoms with Crippen molar-refractivity contribution in [2.45, 2.75) is 43.7 Å². The molecule has 1 unspecified atom stereocenters. The van der Waals surface area contributed by atoms with Gasteiger partial charge in [-0.3, -0.25) is 14.4 Å². The SMILES string of the molecule is CC[C@@H](CO)N1C(=O)[C@@H]2[C@H]3C(=O)N(C)CC=C[C@H]3O[C@@]23C=CCN(Cc2ccccc2)C(=O)C13. The number of aliphatic hydroxyl groups excluding tert-OH is 1. The van der Waals surface area contributed by atoms with E-state index in [1.165, 1.54) is 4.90 Å². The number of rotatable bonds is 5. The molecule has 3 amide bonds. The number of carbonyl (C=O) groups excluding carboxylic acids is 3. The molecule has 2 fully saturated rings. The maximum Gasteiger partial charge on any atom is 0.249 e. The number of ether oxygens (including phenoxy) is 1. The van der Waals surface area contributed by atoms with E-state index in [1.807, 2.05) is 61.6 Å². The van der Waals surface area contributed by atoms with Gasteiger partial charge in [0, 0.05) is 26.7 Å². The first-order valence-electron chi connectivity index (χ1n) is 12.0. The van der Waals surface area contributed by atoms with Gasteiger partial charge in [0.05, 0.1) is 30.6 Å². The number of aliphatic hydroxyl groups is 1. The van der Waals surface area contributed by atoms with Gasteiger partial charge in [-0.2, -0.15) is 0 Å². The molecule has 1 aromatic carbocycles. The van der Waals surface area contributed by atoms with Gasteiger partial charge < -0.3 is 24.5 Å². The zero-order valence-corrected chi connectivity index (χ0v) is 19.5. The fourth-order valence-electron chi connectivity index (χ4n) is 6.00. The van der Waals surface area contributed by atoms with Crippen LogP contribution < -0.4 is 0 Å². The molecule has 0 aliphatic carbocycles. The van der Waals surface area contributed by atoms with E-state index in [1.54, 1.807) is 16.8 Å². The summed E-state index contributed by atoms with van der Waals surface area (Å²) in [5, 5.41) is 10.1. The van der Waals surface area contributed by atoms with Gasteiger partial charge in [-0.25, -0.2) is 0 Å². The van der Waals surface area contributed by atoms with Crippen LogP contribution in [0.25, 0.3) is 0 Å². The predicted molar refractivity (Wildman–Crippen MR) is 124 cm³/mol. The molecule has 4 aliphatic heterocycles. The number of amides is 3. The Morgan fingerprint density at radius 1 is 1.09 bits per heavy atom. The van der Waals surface area contributed by atoms with Crippen LogP contribution in [0.1, 0.15) is 18.9 Å². The van der Waals surface area contributed by atoms with Gasteiger partial charge in [-0.15, -0.1) is 0 Å². The highest BCUT2D eigenvalue weighted by atomic mass is 16.5. The Bertz CT molecular complexity index is 1040. The Morgan fingerprint density at radius 2 is 1.85 bits per heavy atom. The van der Waals surface area contributed by atoms with Crippen LogP contribution in [0.15, 0.2) is 54.6 Å². The maximum absolute atomic E-state index is 14.1. The minimum absolute atomic E-state index is 0.158. The van der Waals surface area contributed by atoms with E-state index in [4.69, 9.17) is 4.74 Å². The second kappa shape index (κ2) is 8.67. The Kier molecular flexibility index (Phi) is 5.81. The number of nitrogens with zero attached hydrogens (tertiary/aromatic N) is 3. The first kappa shape index (κ1) is 22.8.